The molecule has 2 aromatic rings. The fraction of sp³-hybridized carbons (Fsp3) is 0.250. The first kappa shape index (κ1) is 7.09. The number of aromatic nitrogens is 3. The fourth-order valence-corrected chi connectivity index (χ4v) is 1.33. The molecular formula is C8H10N4. The van der Waals surface area contributed by atoms with E-state index in [2.05, 4.69) is 10.1 Å². The van der Waals surface area contributed by atoms with Crippen LogP contribution in [0.25, 0.3) is 10.9 Å². The van der Waals surface area contributed by atoms with Crippen molar-refractivity contribution in [2.24, 2.45) is 7.05 Å². The van der Waals surface area contributed by atoms with Gasteiger partial charge in [0.1, 0.15) is 11.3 Å². The van der Waals surface area contributed by atoms with Gasteiger partial charge in [0.25, 0.3) is 0 Å². The third-order valence-electron chi connectivity index (χ3n) is 2.00. The van der Waals surface area contributed by atoms with E-state index in [9.17, 15) is 0 Å². The van der Waals surface area contributed by atoms with E-state index in [0.717, 1.165) is 16.5 Å². The summed E-state index contributed by atoms with van der Waals surface area (Å²) < 4.78 is 1.74. The van der Waals surface area contributed by atoms with Crippen LogP contribution in [0.4, 0.5) is 5.82 Å². The zero-order valence-corrected chi connectivity index (χ0v) is 7.07. The highest BCUT2D eigenvalue weighted by Crippen LogP contribution is 2.20. The van der Waals surface area contributed by atoms with Crippen molar-refractivity contribution in [1.29, 1.82) is 0 Å². The molecule has 0 amide bonds. The van der Waals surface area contributed by atoms with Crippen LogP contribution in [0.2, 0.25) is 0 Å². The monoisotopic (exact) mass is 162 g/mol. The van der Waals surface area contributed by atoms with Crippen molar-refractivity contribution in [1.82, 2.24) is 14.8 Å². The molecule has 0 atom stereocenters. The molecule has 0 saturated heterocycles. The molecule has 0 fully saturated rings. The van der Waals surface area contributed by atoms with Gasteiger partial charge in [-0.1, -0.05) is 0 Å². The van der Waals surface area contributed by atoms with Crippen LogP contribution in [0.1, 0.15) is 5.56 Å². The van der Waals surface area contributed by atoms with Crippen molar-refractivity contribution in [2.75, 3.05) is 5.73 Å². The number of aryl methyl sites for hydroxylation is 2. The first-order valence-electron chi connectivity index (χ1n) is 3.73. The van der Waals surface area contributed by atoms with Gasteiger partial charge < -0.3 is 5.73 Å². The van der Waals surface area contributed by atoms with Crippen LogP contribution in [0.3, 0.4) is 0 Å². The van der Waals surface area contributed by atoms with Gasteiger partial charge in [0.2, 0.25) is 0 Å². The Balaban J connectivity index is 2.98. The van der Waals surface area contributed by atoms with Gasteiger partial charge >= 0.3 is 0 Å². The lowest BCUT2D eigenvalue weighted by Gasteiger charge is -1.99. The molecule has 0 saturated carbocycles. The summed E-state index contributed by atoms with van der Waals surface area (Å²) in [6.07, 6.45) is 3.57. The van der Waals surface area contributed by atoms with Gasteiger partial charge in [0, 0.05) is 18.6 Å². The number of nitrogens with two attached hydrogens (primary N) is 1. The molecule has 0 aliphatic heterocycles. The minimum atomic E-state index is 0.538. The minimum absolute atomic E-state index is 0.538. The maximum absolute atomic E-state index is 5.70. The summed E-state index contributed by atoms with van der Waals surface area (Å²) in [7, 11) is 1.86. The predicted molar refractivity (Wildman–Crippen MR) is 47.7 cm³/mol. The molecule has 12 heavy (non-hydrogen) atoms. The summed E-state index contributed by atoms with van der Waals surface area (Å²) in [6, 6.07) is 0. The molecule has 0 aliphatic carbocycles. The number of fused-ring (bicyclic) bond motifs is 1. The Kier molecular flexibility index (Phi) is 1.30. The van der Waals surface area contributed by atoms with E-state index in [-0.39, 0.29) is 0 Å². The Morgan fingerprint density at radius 2 is 2.17 bits per heavy atom. The van der Waals surface area contributed by atoms with Crippen LogP contribution >= 0.6 is 0 Å². The molecule has 4 nitrogen and oxygen atoms in total. The lowest BCUT2D eigenvalue weighted by atomic mass is 10.2. The van der Waals surface area contributed by atoms with Gasteiger partial charge in [-0.25, -0.2) is 4.98 Å². The Morgan fingerprint density at radius 3 is 2.83 bits per heavy atom. The van der Waals surface area contributed by atoms with Crippen LogP contribution in [-0.4, -0.2) is 14.8 Å². The van der Waals surface area contributed by atoms with E-state index in [1.165, 1.54) is 0 Å². The van der Waals surface area contributed by atoms with Gasteiger partial charge in [0.15, 0.2) is 0 Å². The van der Waals surface area contributed by atoms with Gasteiger partial charge in [-0.2, -0.15) is 5.10 Å². The SMILES string of the molecule is Cc1cnc(N)c2c1cnn2C. The quantitative estimate of drug-likeness (QED) is 0.625. The first-order valence-corrected chi connectivity index (χ1v) is 3.73. The number of nitrogens with zero attached hydrogens (tertiary/aromatic N) is 3. The van der Waals surface area contributed by atoms with E-state index in [0.29, 0.717) is 5.82 Å². The molecule has 2 N–H and O–H groups in total. The molecule has 2 rings (SSSR count). The number of hydrogen-bond donors (Lipinski definition) is 1. The van der Waals surface area contributed by atoms with Crippen molar-refractivity contribution in [3.05, 3.63) is 18.0 Å². The second-order valence-electron chi connectivity index (χ2n) is 2.86. The Hall–Kier alpha value is -1.58. The summed E-state index contributed by atoms with van der Waals surface area (Å²) >= 11 is 0. The zero-order valence-electron chi connectivity index (χ0n) is 7.07. The van der Waals surface area contributed by atoms with Gasteiger partial charge in [-0.15, -0.1) is 0 Å². The van der Waals surface area contributed by atoms with Crippen LogP contribution in [0.5, 0.6) is 0 Å². The van der Waals surface area contributed by atoms with E-state index < -0.39 is 0 Å². The molecular weight excluding hydrogens is 152 g/mol. The fourth-order valence-electron chi connectivity index (χ4n) is 1.33. The maximum Gasteiger partial charge on any atom is 0.149 e. The van der Waals surface area contributed by atoms with Crippen molar-refractivity contribution >= 4 is 16.7 Å². The summed E-state index contributed by atoms with van der Waals surface area (Å²) in [5.74, 6) is 0.538. The molecule has 0 radical (unpaired) electrons. The Bertz CT molecular complexity index is 430. The van der Waals surface area contributed by atoms with E-state index in [4.69, 9.17) is 5.73 Å². The lowest BCUT2D eigenvalue weighted by Crippen LogP contribution is -1.97. The second-order valence-corrected chi connectivity index (χ2v) is 2.86. The zero-order chi connectivity index (χ0) is 8.72. The van der Waals surface area contributed by atoms with Gasteiger partial charge in [-0.3, -0.25) is 4.68 Å². The van der Waals surface area contributed by atoms with Gasteiger partial charge in [-0.05, 0) is 12.5 Å². The van der Waals surface area contributed by atoms with E-state index in [1.54, 1.807) is 10.9 Å². The van der Waals surface area contributed by atoms with Crippen molar-refractivity contribution in [2.45, 2.75) is 6.92 Å². The Morgan fingerprint density at radius 1 is 1.42 bits per heavy atom. The molecule has 2 heterocycles. The molecule has 0 bridgehead atoms. The standard InChI is InChI=1S/C8H10N4/c1-5-3-10-8(9)7-6(5)4-11-12(7)2/h3-4H,1-2H3,(H2,9,10). The lowest BCUT2D eigenvalue weighted by molar-refractivity contribution is 0.796. The highest BCUT2D eigenvalue weighted by atomic mass is 15.3. The molecule has 0 aliphatic rings. The molecule has 2 aromatic heterocycles. The normalized spacial score (nSPS) is 10.8. The third-order valence-corrected chi connectivity index (χ3v) is 2.00. The number of nitrogen functional groups attached to an aromatic ring is 1. The van der Waals surface area contributed by atoms with Gasteiger partial charge in [0.05, 0.1) is 6.20 Å². The van der Waals surface area contributed by atoms with E-state index in [1.807, 2.05) is 20.2 Å². The molecule has 0 unspecified atom stereocenters. The maximum atomic E-state index is 5.70. The average Bonchev–Trinajstić information content (AvgIpc) is 2.42. The van der Waals surface area contributed by atoms with Crippen LogP contribution in [-0.2, 0) is 7.05 Å². The highest BCUT2D eigenvalue weighted by molar-refractivity contribution is 5.89. The number of anilines is 1. The summed E-state index contributed by atoms with van der Waals surface area (Å²) in [5, 5.41) is 5.19. The van der Waals surface area contributed by atoms with Crippen molar-refractivity contribution < 1.29 is 0 Å². The Labute approximate surface area is 70.0 Å². The minimum Gasteiger partial charge on any atom is -0.382 e. The molecule has 62 valence electrons. The largest absolute Gasteiger partial charge is 0.382 e. The number of rotatable bonds is 0. The van der Waals surface area contributed by atoms with Crippen molar-refractivity contribution in [3.8, 4) is 0 Å². The van der Waals surface area contributed by atoms with E-state index >= 15 is 0 Å². The van der Waals surface area contributed by atoms with Crippen LogP contribution in [0.15, 0.2) is 12.4 Å². The first-order chi connectivity index (χ1) is 5.70. The van der Waals surface area contributed by atoms with Crippen LogP contribution in [0, 0.1) is 6.92 Å². The van der Waals surface area contributed by atoms with Crippen molar-refractivity contribution in [3.63, 3.8) is 0 Å². The third kappa shape index (κ3) is 0.777. The topological polar surface area (TPSA) is 56.7 Å². The number of hydrogen-bond acceptors (Lipinski definition) is 3. The second kappa shape index (κ2) is 2.20. The summed E-state index contributed by atoms with van der Waals surface area (Å²) in [6.45, 7) is 2.00. The molecule has 4 heteroatoms. The average molecular weight is 162 g/mol. The molecule has 0 aromatic carbocycles. The highest BCUT2D eigenvalue weighted by Gasteiger charge is 2.05. The summed E-state index contributed by atoms with van der Waals surface area (Å²) in [4.78, 5) is 4.06. The number of pyridine rings is 1. The smallest absolute Gasteiger partial charge is 0.149 e. The molecule has 0 spiro atoms. The van der Waals surface area contributed by atoms with Crippen LogP contribution < -0.4 is 5.73 Å². The summed E-state index contributed by atoms with van der Waals surface area (Å²) in [5.41, 5.74) is 7.71. The predicted octanol–water partition coefficient (Wildman–Crippen LogP) is 0.859.